The van der Waals surface area contributed by atoms with Gasteiger partial charge in [-0.2, -0.15) is 10.1 Å². The molecule has 1 aliphatic rings. The molecular formula is C25H26FN5OS. The Morgan fingerprint density at radius 3 is 2.48 bits per heavy atom. The van der Waals surface area contributed by atoms with E-state index in [4.69, 9.17) is 4.98 Å². The van der Waals surface area contributed by atoms with Gasteiger partial charge in [0.05, 0.1) is 16.1 Å². The van der Waals surface area contributed by atoms with Gasteiger partial charge >= 0.3 is 0 Å². The Morgan fingerprint density at radius 2 is 1.79 bits per heavy atom. The molecule has 1 fully saturated rings. The van der Waals surface area contributed by atoms with E-state index in [9.17, 15) is 9.18 Å². The number of nitrogens with zero attached hydrogens (tertiary/aromatic N) is 4. The largest absolute Gasteiger partial charge is 0.349 e. The van der Waals surface area contributed by atoms with Gasteiger partial charge in [0.2, 0.25) is 0 Å². The van der Waals surface area contributed by atoms with Crippen molar-refractivity contribution in [3.63, 3.8) is 0 Å². The number of anilines is 1. The number of piperidine rings is 1. The van der Waals surface area contributed by atoms with Crippen LogP contribution < -0.4 is 10.2 Å². The molecule has 0 unspecified atom stereocenters. The Hall–Kier alpha value is -3.26. The number of thiazole rings is 1. The Labute approximate surface area is 196 Å². The monoisotopic (exact) mass is 463 g/mol. The van der Waals surface area contributed by atoms with Crippen LogP contribution in [-0.4, -0.2) is 39.8 Å². The van der Waals surface area contributed by atoms with Crippen molar-refractivity contribution in [2.45, 2.75) is 39.7 Å². The second-order valence-electron chi connectivity index (χ2n) is 8.66. The lowest BCUT2D eigenvalue weighted by Gasteiger charge is -2.32. The van der Waals surface area contributed by atoms with E-state index in [1.807, 2.05) is 39.0 Å². The van der Waals surface area contributed by atoms with Crippen LogP contribution in [0, 0.1) is 26.6 Å². The van der Waals surface area contributed by atoms with Gasteiger partial charge in [-0.05, 0) is 81.1 Å². The molecule has 1 N–H and O–H groups in total. The second kappa shape index (κ2) is 8.59. The van der Waals surface area contributed by atoms with Gasteiger partial charge in [0.1, 0.15) is 5.82 Å². The highest BCUT2D eigenvalue weighted by Crippen LogP contribution is 2.33. The predicted molar refractivity (Wildman–Crippen MR) is 130 cm³/mol. The van der Waals surface area contributed by atoms with Crippen LogP contribution in [0.2, 0.25) is 0 Å². The minimum absolute atomic E-state index is 0.00782. The molecule has 0 saturated carbocycles. The zero-order valence-corrected chi connectivity index (χ0v) is 19.7. The van der Waals surface area contributed by atoms with Crippen molar-refractivity contribution in [2.75, 3.05) is 18.0 Å². The highest BCUT2D eigenvalue weighted by molar-refractivity contribution is 7.22. The first-order valence-corrected chi connectivity index (χ1v) is 12.0. The van der Waals surface area contributed by atoms with Gasteiger partial charge in [-0.3, -0.25) is 4.79 Å². The first-order valence-electron chi connectivity index (χ1n) is 11.1. The summed E-state index contributed by atoms with van der Waals surface area (Å²) < 4.78 is 16.2. The average Bonchev–Trinajstić information content (AvgIpc) is 3.37. The third-order valence-electron chi connectivity index (χ3n) is 6.32. The van der Waals surface area contributed by atoms with E-state index in [0.717, 1.165) is 58.4 Å². The number of amides is 1. The number of aryl methyl sites for hydroxylation is 3. The first-order chi connectivity index (χ1) is 15.9. The topological polar surface area (TPSA) is 63.1 Å². The number of hydrogen-bond acceptors (Lipinski definition) is 5. The molecule has 6 nitrogen and oxygen atoms in total. The maximum Gasteiger partial charge on any atom is 0.251 e. The highest BCUT2D eigenvalue weighted by Gasteiger charge is 2.25. The number of carbonyl (C=O) groups is 1. The summed E-state index contributed by atoms with van der Waals surface area (Å²) in [6.07, 6.45) is 1.74. The number of carbonyl (C=O) groups excluding carboxylic acids is 1. The quantitative estimate of drug-likeness (QED) is 0.465. The fourth-order valence-corrected chi connectivity index (χ4v) is 5.23. The van der Waals surface area contributed by atoms with Crippen LogP contribution in [0.3, 0.4) is 0 Å². The number of nitrogens with one attached hydrogen (secondary N) is 1. The van der Waals surface area contributed by atoms with Gasteiger partial charge in [-0.15, -0.1) is 0 Å². The van der Waals surface area contributed by atoms with E-state index in [-0.39, 0.29) is 17.8 Å². The molecule has 4 aromatic rings. The number of halogens is 1. The Morgan fingerprint density at radius 1 is 1.06 bits per heavy atom. The van der Waals surface area contributed by atoms with E-state index in [2.05, 4.69) is 15.3 Å². The fourth-order valence-electron chi connectivity index (χ4n) is 4.19. The molecular weight excluding hydrogens is 437 g/mol. The smallest absolute Gasteiger partial charge is 0.251 e. The van der Waals surface area contributed by atoms with Gasteiger partial charge in [-0.25, -0.2) is 9.07 Å². The maximum atomic E-state index is 13.3. The van der Waals surface area contributed by atoms with E-state index < -0.39 is 0 Å². The summed E-state index contributed by atoms with van der Waals surface area (Å²) in [5.41, 5.74) is 5.53. The standard InChI is InChI=1S/C25H26FN5OS/c1-15-4-5-18(14-16(15)2)24(32)27-20-10-12-30(13-11-20)25-28-23-22(33-25)17(3)29-31(23)21-8-6-19(26)7-9-21/h4-9,14,20H,10-13H2,1-3H3,(H,27,32). The van der Waals surface area contributed by atoms with Gasteiger partial charge in [0.25, 0.3) is 5.91 Å². The number of benzene rings is 2. The summed E-state index contributed by atoms with van der Waals surface area (Å²) in [5.74, 6) is -0.281. The highest BCUT2D eigenvalue weighted by atomic mass is 32.1. The lowest BCUT2D eigenvalue weighted by molar-refractivity contribution is 0.0931. The molecule has 3 heterocycles. The normalized spacial score (nSPS) is 14.7. The number of hydrogen-bond donors (Lipinski definition) is 1. The third kappa shape index (κ3) is 4.23. The first kappa shape index (κ1) is 21.6. The Bertz CT molecular complexity index is 1320. The lowest BCUT2D eigenvalue weighted by Crippen LogP contribution is -2.44. The zero-order chi connectivity index (χ0) is 23.1. The summed E-state index contributed by atoms with van der Waals surface area (Å²) >= 11 is 1.63. The molecule has 0 atom stereocenters. The van der Waals surface area contributed by atoms with E-state index >= 15 is 0 Å². The molecule has 1 saturated heterocycles. The van der Waals surface area contributed by atoms with Crippen molar-refractivity contribution in [1.82, 2.24) is 20.1 Å². The van der Waals surface area contributed by atoms with Crippen LogP contribution in [0.25, 0.3) is 16.0 Å². The number of fused-ring (bicyclic) bond motifs is 1. The Kier molecular flexibility index (Phi) is 5.62. The van der Waals surface area contributed by atoms with Crippen LogP contribution in [0.4, 0.5) is 9.52 Å². The summed E-state index contributed by atoms with van der Waals surface area (Å²) in [5, 5.41) is 8.75. The molecule has 0 bridgehead atoms. The average molecular weight is 464 g/mol. The maximum absolute atomic E-state index is 13.3. The SMILES string of the molecule is Cc1ccc(C(=O)NC2CCN(c3nc4c(s3)c(C)nn4-c3ccc(F)cc3)CC2)cc1C. The van der Waals surface area contributed by atoms with Crippen LogP contribution in [0.15, 0.2) is 42.5 Å². The summed E-state index contributed by atoms with van der Waals surface area (Å²) in [6.45, 7) is 7.71. The summed E-state index contributed by atoms with van der Waals surface area (Å²) in [6, 6.07) is 12.3. The van der Waals surface area contributed by atoms with Crippen molar-refractivity contribution < 1.29 is 9.18 Å². The van der Waals surface area contributed by atoms with Gasteiger partial charge in [0, 0.05) is 24.7 Å². The lowest BCUT2D eigenvalue weighted by atomic mass is 10.0. The van der Waals surface area contributed by atoms with E-state index in [1.165, 1.54) is 17.7 Å². The molecule has 1 aliphatic heterocycles. The van der Waals surface area contributed by atoms with Crippen LogP contribution >= 0.6 is 11.3 Å². The molecule has 1 amide bonds. The van der Waals surface area contributed by atoms with Crippen molar-refractivity contribution in [1.29, 1.82) is 0 Å². The van der Waals surface area contributed by atoms with Gasteiger partial charge < -0.3 is 10.2 Å². The molecule has 170 valence electrons. The predicted octanol–water partition coefficient (Wildman–Crippen LogP) is 4.95. The molecule has 0 radical (unpaired) electrons. The summed E-state index contributed by atoms with van der Waals surface area (Å²) in [4.78, 5) is 19.8. The number of aromatic nitrogens is 3. The van der Waals surface area contributed by atoms with Gasteiger partial charge in [0.15, 0.2) is 10.8 Å². The zero-order valence-electron chi connectivity index (χ0n) is 18.9. The molecule has 0 aliphatic carbocycles. The van der Waals surface area contributed by atoms with Crippen LogP contribution in [0.1, 0.15) is 40.0 Å². The Balaban J connectivity index is 1.27. The van der Waals surface area contributed by atoms with Crippen molar-refractivity contribution in [3.8, 4) is 5.69 Å². The minimum Gasteiger partial charge on any atom is -0.349 e. The van der Waals surface area contributed by atoms with E-state index in [1.54, 1.807) is 28.2 Å². The van der Waals surface area contributed by atoms with Crippen LogP contribution in [0.5, 0.6) is 0 Å². The molecule has 2 aromatic carbocycles. The number of rotatable bonds is 4. The van der Waals surface area contributed by atoms with Crippen molar-refractivity contribution in [2.24, 2.45) is 0 Å². The second-order valence-corrected chi connectivity index (χ2v) is 9.63. The summed E-state index contributed by atoms with van der Waals surface area (Å²) in [7, 11) is 0. The van der Waals surface area contributed by atoms with Gasteiger partial charge in [-0.1, -0.05) is 17.4 Å². The van der Waals surface area contributed by atoms with E-state index in [0.29, 0.717) is 5.56 Å². The molecule has 5 rings (SSSR count). The fraction of sp³-hybridized carbons (Fsp3) is 0.320. The molecule has 0 spiro atoms. The minimum atomic E-state index is -0.273. The third-order valence-corrected chi connectivity index (χ3v) is 7.53. The molecule has 8 heteroatoms. The molecule has 33 heavy (non-hydrogen) atoms. The molecule has 2 aromatic heterocycles. The van der Waals surface area contributed by atoms with Crippen molar-refractivity contribution >= 4 is 32.7 Å². The van der Waals surface area contributed by atoms with Crippen LogP contribution in [-0.2, 0) is 0 Å². The van der Waals surface area contributed by atoms with Crippen molar-refractivity contribution in [3.05, 3.63) is 70.7 Å².